The van der Waals surface area contributed by atoms with Gasteiger partial charge in [0.05, 0.1) is 5.69 Å². The number of halogens is 2. The molecule has 2 heterocycles. The summed E-state index contributed by atoms with van der Waals surface area (Å²) in [5.74, 6) is 0.0726. The van der Waals surface area contributed by atoms with Gasteiger partial charge in [0.25, 0.3) is 5.91 Å². The lowest BCUT2D eigenvalue weighted by Crippen LogP contribution is -2.63. The lowest BCUT2D eigenvalue weighted by Gasteiger charge is -2.42. The summed E-state index contributed by atoms with van der Waals surface area (Å²) in [7, 11) is 0. The Bertz CT molecular complexity index is 607. The van der Waals surface area contributed by atoms with Crippen molar-refractivity contribution in [2.75, 3.05) is 11.4 Å². The van der Waals surface area contributed by atoms with E-state index in [-0.39, 0.29) is 17.9 Å². The molecule has 0 N–H and O–H groups in total. The maximum atomic E-state index is 12.8. The van der Waals surface area contributed by atoms with Crippen LogP contribution in [0.25, 0.3) is 0 Å². The Hall–Kier alpha value is -1.07. The van der Waals surface area contributed by atoms with Gasteiger partial charge in [-0.05, 0) is 53.4 Å². The molecule has 1 aromatic rings. The fraction of sp³-hybridized carbons (Fsp3) is 0.467. The molecule has 0 aromatic heterocycles. The minimum atomic E-state index is -0.427. The highest BCUT2D eigenvalue weighted by molar-refractivity contribution is 9.10. The maximum absolute atomic E-state index is 12.8. The summed E-state index contributed by atoms with van der Waals surface area (Å²) in [6, 6.07) is 4.56. The molecule has 2 amide bonds. The second-order valence-corrected chi connectivity index (χ2v) is 6.71. The van der Waals surface area contributed by atoms with Gasteiger partial charge in [0.15, 0.2) is 0 Å². The topological polar surface area (TPSA) is 40.6 Å². The van der Waals surface area contributed by atoms with Crippen LogP contribution in [-0.2, 0) is 9.59 Å². The highest BCUT2D eigenvalue weighted by Crippen LogP contribution is 2.36. The number of nitrogens with zero attached hydrogens (tertiary/aromatic N) is 2. The number of carbonyl (C=O) groups excluding carboxylic acids is 2. The molecule has 0 aliphatic carbocycles. The molecule has 2 fully saturated rings. The quantitative estimate of drug-likeness (QED) is 0.801. The highest BCUT2D eigenvalue weighted by Gasteiger charge is 2.47. The number of hydrogen-bond donors (Lipinski definition) is 0. The van der Waals surface area contributed by atoms with Gasteiger partial charge in [-0.3, -0.25) is 14.5 Å². The van der Waals surface area contributed by atoms with Crippen molar-refractivity contribution in [1.82, 2.24) is 4.90 Å². The largest absolute Gasteiger partial charge is 0.329 e. The molecule has 21 heavy (non-hydrogen) atoms. The average molecular weight is 372 g/mol. The molecule has 0 bridgehead atoms. The highest BCUT2D eigenvalue weighted by atomic mass is 79.9. The number of piperazine rings is 1. The molecule has 0 saturated carbocycles. The fourth-order valence-electron chi connectivity index (χ4n) is 3.22. The summed E-state index contributed by atoms with van der Waals surface area (Å²) in [5.41, 5.74) is 0.719. The van der Waals surface area contributed by atoms with Gasteiger partial charge in [-0.15, -0.1) is 0 Å². The van der Waals surface area contributed by atoms with Crippen molar-refractivity contribution in [3.05, 3.63) is 27.7 Å². The number of carbonyl (C=O) groups is 2. The van der Waals surface area contributed by atoms with E-state index < -0.39 is 6.04 Å². The van der Waals surface area contributed by atoms with Crippen LogP contribution in [-0.4, -0.2) is 35.3 Å². The van der Waals surface area contributed by atoms with Gasteiger partial charge in [-0.1, -0.05) is 18.5 Å². The first-order valence-corrected chi connectivity index (χ1v) is 8.30. The molecule has 0 spiro atoms. The van der Waals surface area contributed by atoms with Crippen LogP contribution in [0.1, 0.15) is 26.2 Å². The van der Waals surface area contributed by atoms with Gasteiger partial charge >= 0.3 is 0 Å². The third kappa shape index (κ3) is 2.36. The molecule has 2 unspecified atom stereocenters. The molecule has 4 nitrogen and oxygen atoms in total. The van der Waals surface area contributed by atoms with Crippen molar-refractivity contribution in [1.29, 1.82) is 0 Å². The monoisotopic (exact) mass is 370 g/mol. The van der Waals surface area contributed by atoms with Gasteiger partial charge in [0.1, 0.15) is 12.1 Å². The van der Waals surface area contributed by atoms with Crippen molar-refractivity contribution >= 4 is 45.0 Å². The van der Waals surface area contributed by atoms with Crippen LogP contribution in [0, 0.1) is 0 Å². The SMILES string of the molecule is CCC1C(=O)N2CCCC2C(=O)N1c1ccc(Cl)cc1Br. The van der Waals surface area contributed by atoms with Crippen molar-refractivity contribution < 1.29 is 9.59 Å². The summed E-state index contributed by atoms with van der Waals surface area (Å²) in [6.07, 6.45) is 2.25. The first-order chi connectivity index (χ1) is 10.0. The van der Waals surface area contributed by atoms with Crippen LogP contribution < -0.4 is 4.90 Å². The molecule has 6 heteroatoms. The first-order valence-electron chi connectivity index (χ1n) is 7.13. The van der Waals surface area contributed by atoms with Gasteiger partial charge in [-0.25, -0.2) is 0 Å². The van der Waals surface area contributed by atoms with Gasteiger partial charge < -0.3 is 4.90 Å². The Balaban J connectivity index is 2.05. The summed E-state index contributed by atoms with van der Waals surface area (Å²) >= 11 is 9.43. The zero-order valence-corrected chi connectivity index (χ0v) is 14.0. The number of amides is 2. The van der Waals surface area contributed by atoms with Crippen LogP contribution >= 0.6 is 27.5 Å². The third-order valence-electron chi connectivity index (χ3n) is 4.21. The molecular formula is C15H16BrClN2O2. The summed E-state index contributed by atoms with van der Waals surface area (Å²) in [6.45, 7) is 2.63. The Morgan fingerprint density at radius 3 is 2.76 bits per heavy atom. The molecular weight excluding hydrogens is 356 g/mol. The van der Waals surface area contributed by atoms with Crippen molar-refractivity contribution in [3.63, 3.8) is 0 Å². The van der Waals surface area contributed by atoms with E-state index in [1.54, 1.807) is 28.0 Å². The molecule has 2 aliphatic rings. The molecule has 2 atom stereocenters. The van der Waals surface area contributed by atoms with Gasteiger partial charge in [-0.2, -0.15) is 0 Å². The zero-order valence-electron chi connectivity index (χ0n) is 11.7. The predicted molar refractivity (Wildman–Crippen MR) is 85.5 cm³/mol. The van der Waals surface area contributed by atoms with Gasteiger partial charge in [0, 0.05) is 16.0 Å². The summed E-state index contributed by atoms with van der Waals surface area (Å²) in [4.78, 5) is 28.9. The van der Waals surface area contributed by atoms with Gasteiger partial charge in [0.2, 0.25) is 5.91 Å². The summed E-state index contributed by atoms with van der Waals surface area (Å²) in [5, 5.41) is 0.594. The third-order valence-corrected chi connectivity index (χ3v) is 5.08. The molecule has 0 radical (unpaired) electrons. The minimum absolute atomic E-state index is 0.0157. The lowest BCUT2D eigenvalue weighted by atomic mass is 10.0. The molecule has 2 saturated heterocycles. The normalized spacial score (nSPS) is 25.5. The average Bonchev–Trinajstić information content (AvgIpc) is 2.93. The lowest BCUT2D eigenvalue weighted by molar-refractivity contribution is -0.144. The van der Waals surface area contributed by atoms with E-state index in [1.807, 2.05) is 6.92 Å². The van der Waals surface area contributed by atoms with Crippen LogP contribution in [0.15, 0.2) is 22.7 Å². The minimum Gasteiger partial charge on any atom is -0.329 e. The number of benzene rings is 1. The van der Waals surface area contributed by atoms with E-state index in [2.05, 4.69) is 15.9 Å². The molecule has 3 rings (SSSR count). The van der Waals surface area contributed by atoms with E-state index in [9.17, 15) is 9.59 Å². The van der Waals surface area contributed by atoms with Crippen LogP contribution in [0.4, 0.5) is 5.69 Å². The Morgan fingerprint density at radius 1 is 1.33 bits per heavy atom. The summed E-state index contributed by atoms with van der Waals surface area (Å²) < 4.78 is 0.737. The van der Waals surface area contributed by atoms with Crippen molar-refractivity contribution in [2.24, 2.45) is 0 Å². The van der Waals surface area contributed by atoms with E-state index in [0.717, 1.165) is 23.0 Å². The molecule has 1 aromatic carbocycles. The smallest absolute Gasteiger partial charge is 0.250 e. The van der Waals surface area contributed by atoms with Crippen LogP contribution in [0.5, 0.6) is 0 Å². The fourth-order valence-corrected chi connectivity index (χ4v) is 4.10. The second-order valence-electron chi connectivity index (χ2n) is 5.42. The first kappa shape index (κ1) is 14.9. The van der Waals surface area contributed by atoms with E-state index in [4.69, 9.17) is 11.6 Å². The van der Waals surface area contributed by atoms with E-state index in [1.165, 1.54) is 0 Å². The van der Waals surface area contributed by atoms with E-state index in [0.29, 0.717) is 18.0 Å². The van der Waals surface area contributed by atoms with Crippen LogP contribution in [0.3, 0.4) is 0 Å². The molecule has 112 valence electrons. The number of fused-ring (bicyclic) bond motifs is 1. The van der Waals surface area contributed by atoms with Crippen molar-refractivity contribution in [2.45, 2.75) is 38.3 Å². The Labute approximate surface area is 137 Å². The Morgan fingerprint density at radius 2 is 2.10 bits per heavy atom. The molecule has 2 aliphatic heterocycles. The number of rotatable bonds is 2. The Kier molecular flexibility index (Phi) is 3.97. The van der Waals surface area contributed by atoms with Crippen molar-refractivity contribution in [3.8, 4) is 0 Å². The maximum Gasteiger partial charge on any atom is 0.250 e. The second kappa shape index (κ2) is 5.61. The predicted octanol–water partition coefficient (Wildman–Crippen LogP) is 3.22. The standard InChI is InChI=1S/C15H16BrClN2O2/c1-2-11-14(20)18-7-3-4-13(18)15(21)19(11)12-6-5-9(17)8-10(12)16/h5-6,8,11,13H,2-4,7H2,1H3. The van der Waals surface area contributed by atoms with E-state index >= 15 is 0 Å². The zero-order chi connectivity index (χ0) is 15.1. The number of hydrogen-bond acceptors (Lipinski definition) is 2. The number of anilines is 1. The van der Waals surface area contributed by atoms with Crippen LogP contribution in [0.2, 0.25) is 5.02 Å².